The summed E-state index contributed by atoms with van der Waals surface area (Å²) >= 11 is 0. The molecule has 0 radical (unpaired) electrons. The Bertz CT molecular complexity index is 995. The summed E-state index contributed by atoms with van der Waals surface area (Å²) in [5.41, 5.74) is 0.773. The van der Waals surface area contributed by atoms with Gasteiger partial charge in [0.15, 0.2) is 11.5 Å². The summed E-state index contributed by atoms with van der Waals surface area (Å²) in [6.45, 7) is 0.711. The summed E-state index contributed by atoms with van der Waals surface area (Å²) in [4.78, 5) is 12.7. The maximum atomic E-state index is 13.1. The van der Waals surface area contributed by atoms with Gasteiger partial charge in [-0.3, -0.25) is 4.79 Å². The number of benzene rings is 2. The Morgan fingerprint density at radius 2 is 1.83 bits per heavy atom. The molecule has 7 nitrogen and oxygen atoms in total. The predicted octanol–water partition coefficient (Wildman–Crippen LogP) is 2.56. The highest BCUT2D eigenvalue weighted by Crippen LogP contribution is 2.32. The van der Waals surface area contributed by atoms with Crippen molar-refractivity contribution in [2.24, 2.45) is 5.92 Å². The van der Waals surface area contributed by atoms with Gasteiger partial charge in [-0.15, -0.1) is 0 Å². The van der Waals surface area contributed by atoms with Crippen LogP contribution in [0.4, 0.5) is 4.39 Å². The molecule has 9 heteroatoms. The zero-order valence-corrected chi connectivity index (χ0v) is 17.7. The molecule has 0 spiro atoms. The highest BCUT2D eigenvalue weighted by atomic mass is 32.2. The first-order valence-corrected chi connectivity index (χ1v) is 11.0. The molecule has 0 bridgehead atoms. The molecule has 1 atom stereocenters. The average Bonchev–Trinajstić information content (AvgIpc) is 2.78. The van der Waals surface area contributed by atoms with E-state index in [2.05, 4.69) is 5.32 Å². The summed E-state index contributed by atoms with van der Waals surface area (Å²) in [6.07, 6.45) is 1.19. The minimum absolute atomic E-state index is 0.0903. The van der Waals surface area contributed by atoms with Crippen molar-refractivity contribution >= 4 is 15.9 Å². The van der Waals surface area contributed by atoms with Crippen molar-refractivity contribution < 1.29 is 27.1 Å². The van der Waals surface area contributed by atoms with Crippen LogP contribution in [0.2, 0.25) is 0 Å². The lowest BCUT2D eigenvalue weighted by Crippen LogP contribution is -2.45. The molecule has 1 amide bonds. The molecule has 1 saturated heterocycles. The molecule has 2 aromatic rings. The van der Waals surface area contributed by atoms with Crippen LogP contribution in [0.1, 0.15) is 18.4 Å². The molecular formula is C21H25FN2O5S. The van der Waals surface area contributed by atoms with Crippen LogP contribution in [0.3, 0.4) is 0 Å². The SMILES string of the molecule is COc1ccc(S(=O)(=O)N2CCC[C@@H](C(=O)NCc3ccc(F)cc3)C2)cc1OC. The maximum absolute atomic E-state index is 13.1. The molecule has 3 rings (SSSR count). The predicted molar refractivity (Wildman–Crippen MR) is 109 cm³/mol. The van der Waals surface area contributed by atoms with Crippen molar-refractivity contribution in [1.82, 2.24) is 9.62 Å². The minimum Gasteiger partial charge on any atom is -0.493 e. The molecule has 0 aliphatic carbocycles. The Morgan fingerprint density at radius 3 is 2.50 bits per heavy atom. The number of ether oxygens (including phenoxy) is 2. The number of hydrogen-bond donors (Lipinski definition) is 1. The molecule has 1 aliphatic rings. The van der Waals surface area contributed by atoms with Gasteiger partial charge in [-0.2, -0.15) is 4.31 Å². The number of carbonyl (C=O) groups excluding carboxylic acids is 1. The average molecular weight is 437 g/mol. The molecule has 2 aromatic carbocycles. The van der Waals surface area contributed by atoms with Crippen molar-refractivity contribution in [3.05, 3.63) is 53.8 Å². The fraction of sp³-hybridized carbons (Fsp3) is 0.381. The summed E-state index contributed by atoms with van der Waals surface area (Å²) in [6, 6.07) is 10.3. The molecule has 1 heterocycles. The number of sulfonamides is 1. The van der Waals surface area contributed by atoms with Crippen LogP contribution >= 0.6 is 0 Å². The number of halogens is 1. The molecule has 0 aromatic heterocycles. The van der Waals surface area contributed by atoms with Gasteiger partial charge in [0.05, 0.1) is 25.0 Å². The first kappa shape index (κ1) is 22.0. The number of rotatable bonds is 7. The summed E-state index contributed by atoms with van der Waals surface area (Å²) in [5.74, 6) is -0.244. The molecule has 162 valence electrons. The molecular weight excluding hydrogens is 411 g/mol. The largest absolute Gasteiger partial charge is 0.493 e. The second-order valence-corrected chi connectivity index (χ2v) is 9.00. The maximum Gasteiger partial charge on any atom is 0.243 e. The van der Waals surface area contributed by atoms with Crippen LogP contribution in [0.15, 0.2) is 47.4 Å². The normalized spacial score (nSPS) is 17.4. The highest BCUT2D eigenvalue weighted by Gasteiger charge is 2.33. The van der Waals surface area contributed by atoms with E-state index in [4.69, 9.17) is 9.47 Å². The van der Waals surface area contributed by atoms with Gasteiger partial charge in [0, 0.05) is 25.7 Å². The van der Waals surface area contributed by atoms with E-state index in [1.165, 1.54) is 42.8 Å². The van der Waals surface area contributed by atoms with E-state index < -0.39 is 15.9 Å². The Labute approximate surface area is 175 Å². The quantitative estimate of drug-likeness (QED) is 0.721. The Morgan fingerprint density at radius 1 is 1.13 bits per heavy atom. The van der Waals surface area contributed by atoms with Gasteiger partial charge in [-0.05, 0) is 42.7 Å². The van der Waals surface area contributed by atoms with Gasteiger partial charge in [-0.25, -0.2) is 12.8 Å². The molecule has 1 aliphatic heterocycles. The number of nitrogens with zero attached hydrogens (tertiary/aromatic N) is 1. The van der Waals surface area contributed by atoms with E-state index in [9.17, 15) is 17.6 Å². The van der Waals surface area contributed by atoms with Gasteiger partial charge in [0.1, 0.15) is 5.82 Å². The molecule has 1 fully saturated rings. The van der Waals surface area contributed by atoms with Gasteiger partial charge in [0.25, 0.3) is 0 Å². The van der Waals surface area contributed by atoms with Gasteiger partial charge >= 0.3 is 0 Å². The lowest BCUT2D eigenvalue weighted by atomic mass is 9.99. The number of carbonyl (C=O) groups is 1. The van der Waals surface area contributed by atoms with Crippen LogP contribution in [-0.2, 0) is 21.4 Å². The minimum atomic E-state index is -3.78. The van der Waals surface area contributed by atoms with Crippen LogP contribution in [0.5, 0.6) is 11.5 Å². The third-order valence-electron chi connectivity index (χ3n) is 5.13. The van der Waals surface area contributed by atoms with E-state index in [1.54, 1.807) is 18.2 Å². The zero-order chi connectivity index (χ0) is 21.7. The number of methoxy groups -OCH3 is 2. The third kappa shape index (κ3) is 4.91. The zero-order valence-electron chi connectivity index (χ0n) is 16.9. The second kappa shape index (κ2) is 9.44. The number of piperidine rings is 1. The first-order valence-electron chi connectivity index (χ1n) is 9.59. The summed E-state index contributed by atoms with van der Waals surface area (Å²) < 4.78 is 50.9. The standard InChI is InChI=1S/C21H25FN2O5S/c1-28-19-10-9-18(12-20(19)29-2)30(26,27)24-11-3-4-16(14-24)21(25)23-13-15-5-7-17(22)8-6-15/h5-10,12,16H,3-4,11,13-14H2,1-2H3,(H,23,25)/t16-/m1/s1. The van der Waals surface area contributed by atoms with E-state index in [1.807, 2.05) is 0 Å². The van der Waals surface area contributed by atoms with Crippen LogP contribution < -0.4 is 14.8 Å². The highest BCUT2D eigenvalue weighted by molar-refractivity contribution is 7.89. The summed E-state index contributed by atoms with van der Waals surface area (Å²) in [7, 11) is -0.863. The molecule has 0 unspecified atom stereocenters. The van der Waals surface area contributed by atoms with Crippen molar-refractivity contribution in [2.75, 3.05) is 27.3 Å². The molecule has 0 saturated carbocycles. The third-order valence-corrected chi connectivity index (χ3v) is 6.99. The van der Waals surface area contributed by atoms with Crippen LogP contribution in [0, 0.1) is 11.7 Å². The van der Waals surface area contributed by atoms with Crippen molar-refractivity contribution in [3.8, 4) is 11.5 Å². The fourth-order valence-corrected chi connectivity index (χ4v) is 4.98. The van der Waals surface area contributed by atoms with Gasteiger partial charge < -0.3 is 14.8 Å². The van der Waals surface area contributed by atoms with E-state index in [0.29, 0.717) is 30.9 Å². The Balaban J connectivity index is 1.68. The van der Waals surface area contributed by atoms with Crippen LogP contribution in [0.25, 0.3) is 0 Å². The Hall–Kier alpha value is -2.65. The van der Waals surface area contributed by atoms with E-state index in [0.717, 1.165) is 5.56 Å². The lowest BCUT2D eigenvalue weighted by Gasteiger charge is -2.31. The first-order chi connectivity index (χ1) is 14.3. The van der Waals surface area contributed by atoms with E-state index >= 15 is 0 Å². The second-order valence-electron chi connectivity index (χ2n) is 7.06. The summed E-state index contributed by atoms with van der Waals surface area (Å²) in [5, 5.41) is 2.81. The van der Waals surface area contributed by atoms with Gasteiger partial charge in [0.2, 0.25) is 15.9 Å². The number of hydrogen-bond acceptors (Lipinski definition) is 5. The van der Waals surface area contributed by atoms with Gasteiger partial charge in [-0.1, -0.05) is 12.1 Å². The lowest BCUT2D eigenvalue weighted by molar-refractivity contribution is -0.126. The van der Waals surface area contributed by atoms with Crippen molar-refractivity contribution in [1.29, 1.82) is 0 Å². The van der Waals surface area contributed by atoms with Crippen molar-refractivity contribution in [3.63, 3.8) is 0 Å². The number of nitrogens with one attached hydrogen (secondary N) is 1. The fourth-order valence-electron chi connectivity index (χ4n) is 3.44. The molecule has 30 heavy (non-hydrogen) atoms. The number of amides is 1. The van der Waals surface area contributed by atoms with Crippen LogP contribution in [-0.4, -0.2) is 45.9 Å². The topological polar surface area (TPSA) is 84.9 Å². The Kier molecular flexibility index (Phi) is 6.94. The van der Waals surface area contributed by atoms with E-state index in [-0.39, 0.29) is 29.7 Å². The van der Waals surface area contributed by atoms with Crippen molar-refractivity contribution in [2.45, 2.75) is 24.3 Å². The molecule has 1 N–H and O–H groups in total. The monoisotopic (exact) mass is 436 g/mol. The smallest absolute Gasteiger partial charge is 0.243 e.